The Morgan fingerprint density at radius 3 is 2.64 bits per heavy atom. The molecule has 0 fully saturated rings. The van der Waals surface area contributed by atoms with Crippen molar-refractivity contribution in [3.8, 4) is 0 Å². The second-order valence-electron chi connectivity index (χ2n) is 5.23. The normalized spacial score (nSPS) is 10.9. The fraction of sp³-hybridized carbons (Fsp3) is 0.222. The lowest BCUT2D eigenvalue weighted by Crippen LogP contribution is -2.07. The van der Waals surface area contributed by atoms with Crippen LogP contribution in [0.1, 0.15) is 23.9 Å². The number of para-hydroxylation sites is 1. The molecule has 2 aromatic heterocycles. The van der Waals surface area contributed by atoms with Crippen molar-refractivity contribution < 1.29 is 4.39 Å². The van der Waals surface area contributed by atoms with Crippen LogP contribution in [-0.2, 0) is 13.0 Å². The lowest BCUT2D eigenvalue weighted by Gasteiger charge is -2.16. The molecule has 1 aromatic carbocycles. The van der Waals surface area contributed by atoms with Crippen LogP contribution in [0, 0.1) is 12.9 Å². The van der Waals surface area contributed by atoms with E-state index in [1.807, 2.05) is 31.2 Å². The van der Waals surface area contributed by atoms with Crippen molar-refractivity contribution in [2.24, 2.45) is 0 Å². The summed E-state index contributed by atoms with van der Waals surface area (Å²) in [5.41, 5.74) is 4.93. The van der Waals surface area contributed by atoms with Gasteiger partial charge in [-0.1, -0.05) is 31.2 Å². The summed E-state index contributed by atoms with van der Waals surface area (Å²) in [5, 5.41) is 4.51. The highest BCUT2D eigenvalue weighted by molar-refractivity contribution is 5.93. The number of fused-ring (bicyclic) bond motifs is 1. The first-order valence-corrected chi connectivity index (χ1v) is 7.42. The Bertz CT molecular complexity index is 815. The zero-order chi connectivity index (χ0) is 15.5. The first-order chi connectivity index (χ1) is 10.7. The molecule has 3 rings (SSSR count). The number of rotatable bonds is 4. The van der Waals surface area contributed by atoms with Crippen LogP contribution < -0.4 is 5.32 Å². The molecule has 22 heavy (non-hydrogen) atoms. The monoisotopic (exact) mass is 295 g/mol. The molecule has 4 heteroatoms. The highest BCUT2D eigenvalue weighted by atomic mass is 19.1. The van der Waals surface area contributed by atoms with E-state index in [1.54, 1.807) is 6.07 Å². The maximum Gasteiger partial charge on any atom is 0.213 e. The molecule has 0 saturated carbocycles. The van der Waals surface area contributed by atoms with Crippen molar-refractivity contribution in [3.05, 3.63) is 65.4 Å². The Balaban J connectivity index is 2.01. The summed E-state index contributed by atoms with van der Waals surface area (Å²) in [6, 6.07) is 12.9. The van der Waals surface area contributed by atoms with E-state index < -0.39 is 5.95 Å². The highest BCUT2D eigenvalue weighted by Crippen LogP contribution is 2.29. The molecule has 0 radical (unpaired) electrons. The molecule has 0 aliphatic rings. The number of anilines is 1. The van der Waals surface area contributed by atoms with Gasteiger partial charge in [0.1, 0.15) is 0 Å². The molecular formula is C18H18FN3. The van der Waals surface area contributed by atoms with Gasteiger partial charge in [0.2, 0.25) is 5.95 Å². The lowest BCUT2D eigenvalue weighted by molar-refractivity contribution is 0.578. The zero-order valence-corrected chi connectivity index (χ0v) is 12.7. The average molecular weight is 295 g/mol. The van der Waals surface area contributed by atoms with E-state index in [9.17, 15) is 4.39 Å². The Kier molecular flexibility index (Phi) is 4.00. The van der Waals surface area contributed by atoms with Crippen LogP contribution in [0.25, 0.3) is 10.9 Å². The zero-order valence-electron chi connectivity index (χ0n) is 12.7. The lowest BCUT2D eigenvalue weighted by atomic mass is 10.0. The van der Waals surface area contributed by atoms with Gasteiger partial charge in [0.15, 0.2) is 0 Å². The summed E-state index contributed by atoms with van der Waals surface area (Å²) in [4.78, 5) is 8.56. The van der Waals surface area contributed by atoms with E-state index in [2.05, 4.69) is 28.3 Å². The summed E-state index contributed by atoms with van der Waals surface area (Å²) in [6.45, 7) is 4.62. The minimum Gasteiger partial charge on any atom is -0.379 e. The van der Waals surface area contributed by atoms with Gasteiger partial charge in [-0.2, -0.15) is 4.39 Å². The first kappa shape index (κ1) is 14.4. The van der Waals surface area contributed by atoms with Crippen molar-refractivity contribution in [1.82, 2.24) is 9.97 Å². The molecule has 0 aliphatic heterocycles. The van der Waals surface area contributed by atoms with Gasteiger partial charge < -0.3 is 5.32 Å². The predicted molar refractivity (Wildman–Crippen MR) is 87.4 cm³/mol. The Morgan fingerprint density at radius 1 is 1.05 bits per heavy atom. The Labute approximate surface area is 129 Å². The van der Waals surface area contributed by atoms with Crippen molar-refractivity contribution in [2.45, 2.75) is 26.8 Å². The van der Waals surface area contributed by atoms with Crippen LogP contribution >= 0.6 is 0 Å². The smallest absolute Gasteiger partial charge is 0.213 e. The minimum atomic E-state index is -0.453. The number of aryl methyl sites for hydroxylation is 1. The maximum absolute atomic E-state index is 13.2. The van der Waals surface area contributed by atoms with Crippen molar-refractivity contribution in [1.29, 1.82) is 0 Å². The molecule has 0 aliphatic carbocycles. The van der Waals surface area contributed by atoms with Gasteiger partial charge in [0.25, 0.3) is 0 Å². The van der Waals surface area contributed by atoms with E-state index in [0.717, 1.165) is 28.7 Å². The summed E-state index contributed by atoms with van der Waals surface area (Å²) < 4.78 is 13.2. The van der Waals surface area contributed by atoms with Crippen molar-refractivity contribution in [2.75, 3.05) is 5.32 Å². The predicted octanol–water partition coefficient (Wildman–Crippen LogP) is 4.25. The molecule has 0 spiro atoms. The highest BCUT2D eigenvalue weighted by Gasteiger charge is 2.11. The number of nitrogens with zero attached hydrogens (tertiary/aromatic N) is 2. The fourth-order valence-corrected chi connectivity index (χ4v) is 2.74. The topological polar surface area (TPSA) is 37.8 Å². The number of nitrogens with one attached hydrogen (secondary N) is 1. The third-order valence-corrected chi connectivity index (χ3v) is 3.77. The molecule has 3 nitrogen and oxygen atoms in total. The molecule has 1 N–H and O–H groups in total. The third kappa shape index (κ3) is 2.77. The molecule has 112 valence electrons. The van der Waals surface area contributed by atoms with Crippen LogP contribution in [0.4, 0.5) is 10.1 Å². The largest absolute Gasteiger partial charge is 0.379 e. The SMILES string of the molecule is CCc1c(C)nc2ccccc2c1NCc1cccc(F)n1. The van der Waals surface area contributed by atoms with E-state index >= 15 is 0 Å². The summed E-state index contributed by atoms with van der Waals surface area (Å²) in [5.74, 6) is -0.453. The molecule has 0 saturated heterocycles. The molecular weight excluding hydrogens is 277 g/mol. The average Bonchev–Trinajstić information content (AvgIpc) is 2.52. The van der Waals surface area contributed by atoms with Gasteiger partial charge >= 0.3 is 0 Å². The molecule has 0 atom stereocenters. The second-order valence-corrected chi connectivity index (χ2v) is 5.23. The van der Waals surface area contributed by atoms with E-state index in [-0.39, 0.29) is 0 Å². The van der Waals surface area contributed by atoms with Crippen LogP contribution in [0.3, 0.4) is 0 Å². The van der Waals surface area contributed by atoms with E-state index in [0.29, 0.717) is 12.2 Å². The van der Waals surface area contributed by atoms with Crippen LogP contribution in [0.15, 0.2) is 42.5 Å². The number of pyridine rings is 2. The molecule has 0 bridgehead atoms. The van der Waals surface area contributed by atoms with Gasteiger partial charge in [-0.05, 0) is 37.1 Å². The standard InChI is InChI=1S/C18H18FN3/c1-3-14-12(2)21-16-9-5-4-8-15(16)18(14)20-11-13-7-6-10-17(19)22-13/h4-10H,3,11H2,1-2H3,(H,20,21). The summed E-state index contributed by atoms with van der Waals surface area (Å²) in [7, 11) is 0. The summed E-state index contributed by atoms with van der Waals surface area (Å²) in [6.07, 6.45) is 0.891. The van der Waals surface area contributed by atoms with Crippen LogP contribution in [-0.4, -0.2) is 9.97 Å². The number of halogens is 1. The van der Waals surface area contributed by atoms with E-state index in [4.69, 9.17) is 0 Å². The van der Waals surface area contributed by atoms with Gasteiger partial charge in [0.05, 0.1) is 17.8 Å². The first-order valence-electron chi connectivity index (χ1n) is 7.42. The molecule has 2 heterocycles. The van der Waals surface area contributed by atoms with E-state index in [1.165, 1.54) is 11.6 Å². The Morgan fingerprint density at radius 2 is 1.86 bits per heavy atom. The maximum atomic E-state index is 13.2. The summed E-state index contributed by atoms with van der Waals surface area (Å²) >= 11 is 0. The van der Waals surface area contributed by atoms with Crippen molar-refractivity contribution in [3.63, 3.8) is 0 Å². The van der Waals surface area contributed by atoms with Crippen LogP contribution in [0.2, 0.25) is 0 Å². The van der Waals surface area contributed by atoms with Gasteiger partial charge in [-0.15, -0.1) is 0 Å². The number of hydrogen-bond donors (Lipinski definition) is 1. The van der Waals surface area contributed by atoms with Crippen LogP contribution in [0.5, 0.6) is 0 Å². The Hall–Kier alpha value is -2.49. The van der Waals surface area contributed by atoms with Gasteiger partial charge in [-0.25, -0.2) is 4.98 Å². The minimum absolute atomic E-state index is 0.453. The van der Waals surface area contributed by atoms with Gasteiger partial charge in [-0.3, -0.25) is 4.98 Å². The molecule has 3 aromatic rings. The third-order valence-electron chi connectivity index (χ3n) is 3.77. The fourth-order valence-electron chi connectivity index (χ4n) is 2.74. The number of benzene rings is 1. The number of hydrogen-bond acceptors (Lipinski definition) is 3. The molecule has 0 amide bonds. The quantitative estimate of drug-likeness (QED) is 0.731. The second kappa shape index (κ2) is 6.10. The number of aromatic nitrogens is 2. The van der Waals surface area contributed by atoms with Gasteiger partial charge in [0, 0.05) is 16.8 Å². The van der Waals surface area contributed by atoms with Crippen molar-refractivity contribution >= 4 is 16.6 Å². The molecule has 0 unspecified atom stereocenters.